The van der Waals surface area contributed by atoms with Crippen molar-refractivity contribution in [2.75, 3.05) is 7.05 Å². The van der Waals surface area contributed by atoms with Crippen LogP contribution >= 0.6 is 11.6 Å². The Bertz CT molecular complexity index is 517. The largest absolute Gasteiger partial charge is 0.350 e. The second-order valence-electron chi connectivity index (χ2n) is 3.37. The van der Waals surface area contributed by atoms with E-state index >= 15 is 0 Å². The summed E-state index contributed by atoms with van der Waals surface area (Å²) in [6.07, 6.45) is 1.84. The van der Waals surface area contributed by atoms with Crippen molar-refractivity contribution in [3.63, 3.8) is 0 Å². The first kappa shape index (κ1) is 12.7. The molecule has 16 heavy (non-hydrogen) atoms. The number of nitrogens with two attached hydrogens (primary N) is 1. The number of hydrogen-bond acceptors (Lipinski definition) is 2. The number of carbonyl (C=O) groups is 1. The van der Waals surface area contributed by atoms with Gasteiger partial charge in [-0.1, -0.05) is 11.6 Å². The van der Waals surface area contributed by atoms with Crippen LogP contribution in [0.2, 0.25) is 5.02 Å². The second-order valence-corrected chi connectivity index (χ2v) is 3.81. The molecule has 0 saturated carbocycles. The van der Waals surface area contributed by atoms with E-state index in [-0.39, 0.29) is 5.78 Å². The van der Waals surface area contributed by atoms with Gasteiger partial charge < -0.3 is 10.3 Å². The maximum Gasteiger partial charge on any atom is 0.161 e. The summed E-state index contributed by atoms with van der Waals surface area (Å²) in [6, 6.07) is 5.57. The van der Waals surface area contributed by atoms with E-state index in [1.54, 1.807) is 6.92 Å². The standard InChI is InChI=1S/C11H10ClNO.CH5N/c1-7(14)10-6-13(2)11-4-3-8(12)5-9(10)11;1-2/h3-6H,1-2H3;2H2,1H3. The smallest absolute Gasteiger partial charge is 0.161 e. The molecule has 0 fully saturated rings. The van der Waals surface area contributed by atoms with Crippen LogP contribution in [0.25, 0.3) is 10.9 Å². The molecule has 1 aromatic heterocycles. The van der Waals surface area contributed by atoms with Gasteiger partial charge in [-0.3, -0.25) is 4.79 Å². The zero-order valence-electron chi connectivity index (χ0n) is 9.62. The van der Waals surface area contributed by atoms with Crippen LogP contribution in [-0.2, 0) is 7.05 Å². The van der Waals surface area contributed by atoms with Gasteiger partial charge in [0, 0.05) is 34.7 Å². The first-order valence-electron chi connectivity index (χ1n) is 4.93. The van der Waals surface area contributed by atoms with Crippen LogP contribution in [0.1, 0.15) is 17.3 Å². The molecule has 2 aromatic rings. The summed E-state index contributed by atoms with van der Waals surface area (Å²) in [7, 11) is 3.42. The maximum absolute atomic E-state index is 11.3. The summed E-state index contributed by atoms with van der Waals surface area (Å²) in [6.45, 7) is 1.57. The number of rotatable bonds is 1. The van der Waals surface area contributed by atoms with E-state index in [1.807, 2.05) is 36.0 Å². The van der Waals surface area contributed by atoms with E-state index in [0.717, 1.165) is 16.5 Å². The fourth-order valence-corrected chi connectivity index (χ4v) is 1.82. The quantitative estimate of drug-likeness (QED) is 0.777. The predicted octanol–water partition coefficient (Wildman–Crippen LogP) is 2.61. The Morgan fingerprint density at radius 3 is 2.56 bits per heavy atom. The van der Waals surface area contributed by atoms with Gasteiger partial charge in [0.25, 0.3) is 0 Å². The molecule has 0 radical (unpaired) electrons. The number of ketones is 1. The van der Waals surface area contributed by atoms with Crippen LogP contribution in [0, 0.1) is 0 Å². The number of hydrogen-bond donors (Lipinski definition) is 1. The highest BCUT2D eigenvalue weighted by atomic mass is 35.5. The molecule has 0 atom stereocenters. The third-order valence-electron chi connectivity index (χ3n) is 2.33. The highest BCUT2D eigenvalue weighted by Crippen LogP contribution is 2.24. The van der Waals surface area contributed by atoms with Gasteiger partial charge in [0.1, 0.15) is 0 Å². The SMILES string of the molecule is CC(=O)c1cn(C)c2ccc(Cl)cc12.CN. The average molecular weight is 239 g/mol. The third kappa shape index (κ3) is 2.26. The highest BCUT2D eigenvalue weighted by molar-refractivity contribution is 6.31. The van der Waals surface area contributed by atoms with Gasteiger partial charge in [-0.25, -0.2) is 0 Å². The Kier molecular flexibility index (Phi) is 4.10. The summed E-state index contributed by atoms with van der Waals surface area (Å²) < 4.78 is 1.93. The van der Waals surface area contributed by atoms with Crippen LogP contribution in [0.5, 0.6) is 0 Å². The van der Waals surface area contributed by atoms with Gasteiger partial charge in [-0.2, -0.15) is 0 Å². The summed E-state index contributed by atoms with van der Waals surface area (Å²) in [5.74, 6) is 0.0675. The van der Waals surface area contributed by atoms with Gasteiger partial charge in [0.2, 0.25) is 0 Å². The molecule has 4 heteroatoms. The Labute approximate surface area is 99.8 Å². The molecule has 0 bridgehead atoms. The van der Waals surface area contributed by atoms with Gasteiger partial charge >= 0.3 is 0 Å². The molecule has 2 N–H and O–H groups in total. The maximum atomic E-state index is 11.3. The number of aromatic nitrogens is 1. The topological polar surface area (TPSA) is 48.0 Å². The molecule has 3 nitrogen and oxygen atoms in total. The number of nitrogens with zero attached hydrogens (tertiary/aromatic N) is 1. The summed E-state index contributed by atoms with van der Waals surface area (Å²) >= 11 is 5.88. The third-order valence-corrected chi connectivity index (χ3v) is 2.57. The van der Waals surface area contributed by atoms with Crippen molar-refractivity contribution < 1.29 is 4.79 Å². The molecule has 0 aliphatic heterocycles. The first-order chi connectivity index (χ1) is 7.59. The number of Topliss-reactive ketones (excluding diaryl/α,β-unsaturated/α-hetero) is 1. The molecule has 0 aliphatic rings. The summed E-state index contributed by atoms with van der Waals surface area (Å²) in [5.41, 5.74) is 6.25. The molecule has 0 saturated heterocycles. The Hall–Kier alpha value is -1.32. The van der Waals surface area contributed by atoms with E-state index in [0.29, 0.717) is 5.02 Å². The minimum atomic E-state index is 0.0675. The van der Waals surface area contributed by atoms with Crippen molar-refractivity contribution in [3.05, 3.63) is 35.0 Å². The van der Waals surface area contributed by atoms with Crippen LogP contribution in [-0.4, -0.2) is 17.4 Å². The summed E-state index contributed by atoms with van der Waals surface area (Å²) in [4.78, 5) is 11.3. The van der Waals surface area contributed by atoms with Crippen molar-refractivity contribution in [2.24, 2.45) is 12.8 Å². The van der Waals surface area contributed by atoms with E-state index in [2.05, 4.69) is 5.73 Å². The molecule has 0 unspecified atom stereocenters. The minimum absolute atomic E-state index is 0.0675. The monoisotopic (exact) mass is 238 g/mol. The molecule has 2 rings (SSSR count). The van der Waals surface area contributed by atoms with Crippen molar-refractivity contribution in [1.29, 1.82) is 0 Å². The molecule has 0 aliphatic carbocycles. The van der Waals surface area contributed by atoms with Crippen LogP contribution < -0.4 is 5.73 Å². The van der Waals surface area contributed by atoms with Gasteiger partial charge in [-0.15, -0.1) is 0 Å². The Morgan fingerprint density at radius 1 is 1.38 bits per heavy atom. The zero-order valence-corrected chi connectivity index (χ0v) is 10.4. The van der Waals surface area contributed by atoms with Crippen molar-refractivity contribution in [2.45, 2.75) is 6.92 Å². The highest BCUT2D eigenvalue weighted by Gasteiger charge is 2.09. The van der Waals surface area contributed by atoms with Gasteiger partial charge in [0.15, 0.2) is 5.78 Å². The molecule has 86 valence electrons. The van der Waals surface area contributed by atoms with Gasteiger partial charge in [0.05, 0.1) is 0 Å². The number of carbonyl (C=O) groups excluding carboxylic acids is 1. The van der Waals surface area contributed by atoms with Crippen LogP contribution in [0.15, 0.2) is 24.4 Å². The lowest BCUT2D eigenvalue weighted by atomic mass is 10.1. The molecule has 0 spiro atoms. The lowest BCUT2D eigenvalue weighted by Crippen LogP contribution is -1.89. The van der Waals surface area contributed by atoms with Gasteiger partial charge in [-0.05, 0) is 32.2 Å². The fourth-order valence-electron chi connectivity index (χ4n) is 1.64. The first-order valence-corrected chi connectivity index (χ1v) is 5.30. The lowest BCUT2D eigenvalue weighted by Gasteiger charge is -1.95. The van der Waals surface area contributed by atoms with E-state index in [1.165, 1.54) is 7.05 Å². The normalized spacial score (nSPS) is 9.81. The number of aryl methyl sites for hydroxylation is 1. The van der Waals surface area contributed by atoms with E-state index < -0.39 is 0 Å². The number of fused-ring (bicyclic) bond motifs is 1. The van der Waals surface area contributed by atoms with Crippen molar-refractivity contribution in [1.82, 2.24) is 4.57 Å². The van der Waals surface area contributed by atoms with E-state index in [4.69, 9.17) is 11.6 Å². The second kappa shape index (κ2) is 5.14. The number of benzene rings is 1. The molecule has 0 amide bonds. The number of halogens is 1. The minimum Gasteiger partial charge on any atom is -0.350 e. The Morgan fingerprint density at radius 2 is 2.00 bits per heavy atom. The lowest BCUT2D eigenvalue weighted by molar-refractivity contribution is 0.101. The molecular weight excluding hydrogens is 224 g/mol. The van der Waals surface area contributed by atoms with Crippen LogP contribution in [0.4, 0.5) is 0 Å². The fraction of sp³-hybridized carbons (Fsp3) is 0.250. The molecule has 1 aromatic carbocycles. The van der Waals surface area contributed by atoms with Crippen LogP contribution in [0.3, 0.4) is 0 Å². The molecular formula is C12H15ClN2O. The molecule has 1 heterocycles. The summed E-state index contributed by atoms with van der Waals surface area (Å²) in [5, 5.41) is 1.58. The van der Waals surface area contributed by atoms with Crippen molar-refractivity contribution in [3.8, 4) is 0 Å². The average Bonchev–Trinajstić information content (AvgIpc) is 2.58. The zero-order chi connectivity index (χ0) is 12.3. The van der Waals surface area contributed by atoms with E-state index in [9.17, 15) is 4.79 Å². The Balaban J connectivity index is 0.000000606. The predicted molar refractivity (Wildman–Crippen MR) is 68.0 cm³/mol. The van der Waals surface area contributed by atoms with Crippen molar-refractivity contribution >= 4 is 28.3 Å².